The van der Waals surface area contributed by atoms with Gasteiger partial charge in [-0.05, 0) is 11.6 Å². The number of hydrogen-bond donors (Lipinski definition) is 0. The van der Waals surface area contributed by atoms with Gasteiger partial charge in [0.15, 0.2) is 10.3 Å². The van der Waals surface area contributed by atoms with Crippen molar-refractivity contribution in [3.63, 3.8) is 0 Å². The van der Waals surface area contributed by atoms with Crippen LogP contribution in [0.4, 0.5) is 0 Å². The summed E-state index contributed by atoms with van der Waals surface area (Å²) >= 11 is 18.8. The average molecular weight is 336 g/mol. The summed E-state index contributed by atoms with van der Waals surface area (Å²) < 4.78 is 0. The van der Waals surface area contributed by atoms with Crippen molar-refractivity contribution in [3.05, 3.63) is 69.9 Å². The fraction of sp³-hybridized carbons (Fsp3) is 0. The zero-order chi connectivity index (χ0) is 14.8. The number of benzene rings is 2. The number of halogens is 3. The Morgan fingerprint density at radius 1 is 0.619 bits per heavy atom. The molecule has 104 valence electrons. The first kappa shape index (κ1) is 14.3. The van der Waals surface area contributed by atoms with Gasteiger partial charge in [-0.15, -0.1) is 10.2 Å². The van der Waals surface area contributed by atoms with E-state index in [1.165, 1.54) is 0 Å². The second-order valence-corrected chi connectivity index (χ2v) is 5.50. The molecule has 5 heteroatoms. The Hall–Kier alpha value is -1.61. The van der Waals surface area contributed by atoms with Crippen LogP contribution in [0.15, 0.2) is 54.6 Å². The summed E-state index contributed by atoms with van der Waals surface area (Å²) in [5.74, 6) is 0. The minimum Gasteiger partial charge on any atom is -0.136 e. The van der Waals surface area contributed by atoms with Gasteiger partial charge in [0.2, 0.25) is 0 Å². The SMILES string of the molecule is Clc1ccccc1-c1c(Cl)nnc(Cl)c1-c1ccccc1. The summed E-state index contributed by atoms with van der Waals surface area (Å²) in [6.07, 6.45) is 0. The summed E-state index contributed by atoms with van der Waals surface area (Å²) in [5, 5.41) is 8.96. The summed E-state index contributed by atoms with van der Waals surface area (Å²) in [6, 6.07) is 17.1. The van der Waals surface area contributed by atoms with Gasteiger partial charge in [0.05, 0.1) is 0 Å². The molecule has 0 aliphatic rings. The zero-order valence-electron chi connectivity index (χ0n) is 10.7. The Labute approximate surface area is 137 Å². The predicted molar refractivity (Wildman–Crippen MR) is 87.9 cm³/mol. The molecule has 0 N–H and O–H groups in total. The first-order valence-electron chi connectivity index (χ1n) is 6.20. The minimum atomic E-state index is 0.270. The molecule has 2 nitrogen and oxygen atoms in total. The topological polar surface area (TPSA) is 25.8 Å². The van der Waals surface area contributed by atoms with Crippen molar-refractivity contribution in [1.29, 1.82) is 0 Å². The second kappa shape index (κ2) is 6.02. The van der Waals surface area contributed by atoms with Gasteiger partial charge in [0, 0.05) is 21.7 Å². The third kappa shape index (κ3) is 2.75. The minimum absolute atomic E-state index is 0.270. The first-order valence-corrected chi connectivity index (χ1v) is 7.34. The monoisotopic (exact) mass is 334 g/mol. The molecule has 0 saturated carbocycles. The van der Waals surface area contributed by atoms with Crippen molar-refractivity contribution in [2.24, 2.45) is 0 Å². The molecule has 0 amide bonds. The van der Waals surface area contributed by atoms with Crippen molar-refractivity contribution in [1.82, 2.24) is 10.2 Å². The lowest BCUT2D eigenvalue weighted by molar-refractivity contribution is 1.04. The normalized spacial score (nSPS) is 10.6. The van der Waals surface area contributed by atoms with Crippen LogP contribution in [0.5, 0.6) is 0 Å². The molecule has 3 rings (SSSR count). The van der Waals surface area contributed by atoms with E-state index in [1.807, 2.05) is 48.5 Å². The van der Waals surface area contributed by atoms with Crippen LogP contribution in [0, 0.1) is 0 Å². The van der Waals surface area contributed by atoms with E-state index in [-0.39, 0.29) is 5.15 Å². The molecular formula is C16H9Cl3N2. The van der Waals surface area contributed by atoms with E-state index in [9.17, 15) is 0 Å². The Balaban J connectivity index is 2.35. The van der Waals surface area contributed by atoms with Gasteiger partial charge in [-0.2, -0.15) is 0 Å². The van der Waals surface area contributed by atoms with Crippen molar-refractivity contribution < 1.29 is 0 Å². The zero-order valence-corrected chi connectivity index (χ0v) is 13.0. The van der Waals surface area contributed by atoms with Crippen LogP contribution >= 0.6 is 34.8 Å². The second-order valence-electron chi connectivity index (χ2n) is 4.38. The van der Waals surface area contributed by atoms with E-state index in [2.05, 4.69) is 10.2 Å². The van der Waals surface area contributed by atoms with Gasteiger partial charge >= 0.3 is 0 Å². The summed E-state index contributed by atoms with van der Waals surface area (Å²) in [4.78, 5) is 0. The van der Waals surface area contributed by atoms with Crippen LogP contribution in [-0.4, -0.2) is 10.2 Å². The average Bonchev–Trinajstić information content (AvgIpc) is 2.51. The Morgan fingerprint density at radius 3 is 1.86 bits per heavy atom. The number of hydrogen-bond acceptors (Lipinski definition) is 2. The Kier molecular flexibility index (Phi) is 4.11. The van der Waals surface area contributed by atoms with Gasteiger partial charge in [0.1, 0.15) is 0 Å². The fourth-order valence-electron chi connectivity index (χ4n) is 2.17. The highest BCUT2D eigenvalue weighted by molar-refractivity contribution is 6.38. The molecule has 1 aromatic heterocycles. The van der Waals surface area contributed by atoms with Crippen molar-refractivity contribution >= 4 is 34.8 Å². The lowest BCUT2D eigenvalue weighted by Crippen LogP contribution is -1.95. The highest BCUT2D eigenvalue weighted by atomic mass is 35.5. The fourth-order valence-corrected chi connectivity index (χ4v) is 2.88. The van der Waals surface area contributed by atoms with Crippen LogP contribution in [0.25, 0.3) is 22.3 Å². The van der Waals surface area contributed by atoms with Crippen LogP contribution in [0.3, 0.4) is 0 Å². The Bertz CT molecular complexity index is 789. The molecule has 2 aromatic carbocycles. The van der Waals surface area contributed by atoms with Crippen LogP contribution in [-0.2, 0) is 0 Å². The maximum atomic E-state index is 6.29. The van der Waals surface area contributed by atoms with E-state index in [0.29, 0.717) is 15.7 Å². The van der Waals surface area contributed by atoms with Gasteiger partial charge in [-0.3, -0.25) is 0 Å². The standard InChI is InChI=1S/C16H9Cl3N2/c17-12-9-5-4-8-11(12)14-13(10-6-2-1-3-7-10)15(18)20-21-16(14)19/h1-9H. The summed E-state index contributed by atoms with van der Waals surface area (Å²) in [6.45, 7) is 0. The molecule has 0 bridgehead atoms. The van der Waals surface area contributed by atoms with Crippen LogP contribution in [0.2, 0.25) is 15.3 Å². The molecule has 21 heavy (non-hydrogen) atoms. The molecule has 0 spiro atoms. The molecule has 1 heterocycles. The van der Waals surface area contributed by atoms with Crippen molar-refractivity contribution in [3.8, 4) is 22.3 Å². The van der Waals surface area contributed by atoms with Crippen molar-refractivity contribution in [2.45, 2.75) is 0 Å². The maximum absolute atomic E-state index is 6.29. The quantitative estimate of drug-likeness (QED) is 0.594. The highest BCUT2D eigenvalue weighted by Crippen LogP contribution is 2.42. The summed E-state index contributed by atoms with van der Waals surface area (Å²) in [5.41, 5.74) is 3.10. The van der Waals surface area contributed by atoms with E-state index in [4.69, 9.17) is 34.8 Å². The molecule has 0 atom stereocenters. The lowest BCUT2D eigenvalue weighted by Gasteiger charge is -2.13. The Morgan fingerprint density at radius 2 is 1.19 bits per heavy atom. The van der Waals surface area contributed by atoms with Crippen molar-refractivity contribution in [2.75, 3.05) is 0 Å². The molecule has 0 fully saturated rings. The smallest absolute Gasteiger partial charge is 0.136 e. The van der Waals surface area contributed by atoms with E-state index < -0.39 is 0 Å². The van der Waals surface area contributed by atoms with Gasteiger partial charge < -0.3 is 0 Å². The molecule has 0 saturated heterocycles. The molecule has 3 aromatic rings. The molecule has 0 aliphatic heterocycles. The van der Waals surface area contributed by atoms with Crippen LogP contribution in [0.1, 0.15) is 0 Å². The van der Waals surface area contributed by atoms with Gasteiger partial charge in [-0.1, -0.05) is 83.3 Å². The lowest BCUT2D eigenvalue weighted by atomic mass is 9.97. The maximum Gasteiger partial charge on any atom is 0.160 e. The van der Waals surface area contributed by atoms with Crippen LogP contribution < -0.4 is 0 Å². The molecule has 0 aliphatic carbocycles. The largest absolute Gasteiger partial charge is 0.160 e. The van der Waals surface area contributed by atoms with Gasteiger partial charge in [-0.25, -0.2) is 0 Å². The third-order valence-electron chi connectivity index (χ3n) is 3.09. The van der Waals surface area contributed by atoms with E-state index in [0.717, 1.165) is 16.7 Å². The van der Waals surface area contributed by atoms with E-state index >= 15 is 0 Å². The molecule has 0 unspecified atom stereocenters. The predicted octanol–water partition coefficient (Wildman–Crippen LogP) is 5.77. The number of aromatic nitrogens is 2. The van der Waals surface area contributed by atoms with E-state index in [1.54, 1.807) is 6.07 Å². The van der Waals surface area contributed by atoms with Gasteiger partial charge in [0.25, 0.3) is 0 Å². The number of nitrogens with zero attached hydrogens (tertiary/aromatic N) is 2. The highest BCUT2D eigenvalue weighted by Gasteiger charge is 2.19. The molecular weight excluding hydrogens is 327 g/mol. The first-order chi connectivity index (χ1) is 10.2. The number of rotatable bonds is 2. The molecule has 0 radical (unpaired) electrons. The summed E-state index contributed by atoms with van der Waals surface area (Å²) in [7, 11) is 0. The third-order valence-corrected chi connectivity index (χ3v) is 3.95.